The van der Waals surface area contributed by atoms with Crippen LogP contribution >= 0.6 is 35.3 Å². The van der Waals surface area contributed by atoms with Gasteiger partial charge in [-0.3, -0.25) is 0 Å². The molecule has 0 amide bonds. The smallest absolute Gasteiger partial charge is 0.0258 e. The summed E-state index contributed by atoms with van der Waals surface area (Å²) < 4.78 is 0. The van der Waals surface area contributed by atoms with E-state index in [1.165, 1.54) is 34.5 Å². The molecule has 0 radical (unpaired) electrons. The molecule has 0 unspecified atom stereocenters. The molecule has 3 aliphatic carbocycles. The average molecular weight is 511 g/mol. The molecule has 0 aromatic heterocycles. The van der Waals surface area contributed by atoms with E-state index in [2.05, 4.69) is 99.4 Å². The highest BCUT2D eigenvalue weighted by atomic mass is 32.2. The van der Waals surface area contributed by atoms with Gasteiger partial charge in [0.25, 0.3) is 0 Å². The quantitative estimate of drug-likeness (QED) is 0.299. The van der Waals surface area contributed by atoms with Crippen molar-refractivity contribution in [3.8, 4) is 0 Å². The predicted octanol–water partition coefficient (Wildman–Crippen LogP) is 8.19. The molecule has 0 fully saturated rings. The highest BCUT2D eigenvalue weighted by molar-refractivity contribution is 7.98. The molecule has 6 aliphatic rings. The number of hydrogen-bond acceptors (Lipinski definition) is 3. The molecule has 3 aromatic rings. The monoisotopic (exact) mass is 510 g/mol. The zero-order chi connectivity index (χ0) is 23.5. The van der Waals surface area contributed by atoms with Gasteiger partial charge in [0, 0.05) is 56.2 Å². The van der Waals surface area contributed by atoms with E-state index in [1.54, 1.807) is 66.8 Å². The van der Waals surface area contributed by atoms with Gasteiger partial charge in [-0.15, -0.1) is 0 Å². The SMILES string of the molecule is CC12c3cc4c(cc3C3(C)c5cc6c(cc5C(C)(c5cc7c(cc51)CSC7)C23C)CSC6)CSC4. The molecule has 0 nitrogen and oxygen atoms in total. The van der Waals surface area contributed by atoms with Crippen LogP contribution in [0.5, 0.6) is 0 Å². The number of thioether (sulfide) groups is 3. The first-order valence-corrected chi connectivity index (χ1v) is 16.5. The Morgan fingerprint density at radius 2 is 0.600 bits per heavy atom. The van der Waals surface area contributed by atoms with Crippen LogP contribution in [0.1, 0.15) is 94.5 Å². The molecular weight excluding hydrogens is 481 g/mol. The summed E-state index contributed by atoms with van der Waals surface area (Å²) in [4.78, 5) is 0. The van der Waals surface area contributed by atoms with Gasteiger partial charge in [-0.05, 0) is 66.8 Å². The maximum absolute atomic E-state index is 2.69. The third-order valence-electron chi connectivity index (χ3n) is 11.8. The first-order valence-electron chi connectivity index (χ1n) is 13.1. The van der Waals surface area contributed by atoms with E-state index in [9.17, 15) is 0 Å². The fraction of sp³-hybridized carbons (Fsp3) is 0.438. The van der Waals surface area contributed by atoms with Gasteiger partial charge in [0.1, 0.15) is 0 Å². The van der Waals surface area contributed by atoms with Crippen molar-refractivity contribution in [3.05, 3.63) is 103 Å². The van der Waals surface area contributed by atoms with Crippen molar-refractivity contribution >= 4 is 35.3 Å². The van der Waals surface area contributed by atoms with Gasteiger partial charge >= 0.3 is 0 Å². The summed E-state index contributed by atoms with van der Waals surface area (Å²) in [6.07, 6.45) is 0. The van der Waals surface area contributed by atoms with E-state index in [0.717, 1.165) is 0 Å². The normalized spacial score (nSPS) is 36.0. The summed E-state index contributed by atoms with van der Waals surface area (Å²) in [5.41, 5.74) is 19.5. The maximum Gasteiger partial charge on any atom is 0.0258 e. The molecule has 9 rings (SSSR count). The molecule has 3 heterocycles. The Labute approximate surface area is 221 Å². The summed E-state index contributed by atoms with van der Waals surface area (Å²) in [7, 11) is 0. The first kappa shape index (κ1) is 20.7. The number of hydrogen-bond donors (Lipinski definition) is 0. The van der Waals surface area contributed by atoms with E-state index in [4.69, 9.17) is 0 Å². The molecule has 0 saturated carbocycles. The van der Waals surface area contributed by atoms with Crippen molar-refractivity contribution in [1.82, 2.24) is 0 Å². The Hall–Kier alpha value is -1.29. The van der Waals surface area contributed by atoms with Crippen molar-refractivity contribution in [2.75, 3.05) is 0 Å². The van der Waals surface area contributed by atoms with Crippen LogP contribution in [0.3, 0.4) is 0 Å². The van der Waals surface area contributed by atoms with Crippen molar-refractivity contribution in [1.29, 1.82) is 0 Å². The molecule has 0 N–H and O–H groups in total. The predicted molar refractivity (Wildman–Crippen MR) is 152 cm³/mol. The molecular formula is C32H30S3. The van der Waals surface area contributed by atoms with Gasteiger partial charge in [-0.1, -0.05) is 64.1 Å². The molecule has 3 aliphatic heterocycles. The van der Waals surface area contributed by atoms with Crippen LogP contribution in [0.2, 0.25) is 0 Å². The second kappa shape index (κ2) is 6.05. The Morgan fingerprint density at radius 3 is 0.800 bits per heavy atom. The Morgan fingerprint density at radius 1 is 0.400 bits per heavy atom. The fourth-order valence-electron chi connectivity index (χ4n) is 9.72. The minimum Gasteiger partial charge on any atom is -0.152 e. The average Bonchev–Trinajstić information content (AvgIpc) is 3.67. The molecule has 0 saturated heterocycles. The van der Waals surface area contributed by atoms with Gasteiger partial charge in [0.2, 0.25) is 0 Å². The number of rotatable bonds is 0. The van der Waals surface area contributed by atoms with E-state index in [-0.39, 0.29) is 21.7 Å². The number of fused-ring (bicyclic) bond motifs is 12. The van der Waals surface area contributed by atoms with Crippen LogP contribution in [0, 0.1) is 5.41 Å². The lowest BCUT2D eigenvalue weighted by Gasteiger charge is -2.49. The standard InChI is InChI=1S/C32H30S3/c1-29-23-5-17-11-33-13-19(17)7-25(23)30(2)27-9-21-15-35-16-22(21)10-28(27)31(3,32(29,30)4)26-8-20-14-34-12-18(20)6-24(26)29/h5-10H,11-16H2,1-4H3. The lowest BCUT2D eigenvalue weighted by Crippen LogP contribution is -2.51. The third kappa shape index (κ3) is 1.89. The molecule has 3 heteroatoms. The zero-order valence-corrected chi connectivity index (χ0v) is 23.4. The zero-order valence-electron chi connectivity index (χ0n) is 20.9. The van der Waals surface area contributed by atoms with Crippen molar-refractivity contribution < 1.29 is 0 Å². The van der Waals surface area contributed by atoms with E-state index < -0.39 is 0 Å². The van der Waals surface area contributed by atoms with E-state index in [0.29, 0.717) is 0 Å². The lowest BCUT2D eigenvalue weighted by atomic mass is 9.52. The molecule has 0 bridgehead atoms. The van der Waals surface area contributed by atoms with Crippen molar-refractivity contribution in [2.24, 2.45) is 5.41 Å². The van der Waals surface area contributed by atoms with Crippen LogP contribution in [-0.4, -0.2) is 0 Å². The molecule has 0 atom stereocenters. The largest absolute Gasteiger partial charge is 0.152 e. The molecule has 0 spiro atoms. The molecule has 3 aromatic carbocycles. The Kier molecular flexibility index (Phi) is 3.59. The van der Waals surface area contributed by atoms with Crippen molar-refractivity contribution in [3.63, 3.8) is 0 Å². The maximum atomic E-state index is 2.69. The van der Waals surface area contributed by atoms with Crippen LogP contribution in [-0.2, 0) is 50.8 Å². The third-order valence-corrected chi connectivity index (χ3v) is 14.9. The molecule has 176 valence electrons. The topological polar surface area (TPSA) is 0 Å². The highest BCUT2D eigenvalue weighted by Gasteiger charge is 2.80. The van der Waals surface area contributed by atoms with Crippen molar-refractivity contribution in [2.45, 2.75) is 78.5 Å². The van der Waals surface area contributed by atoms with Gasteiger partial charge in [0.05, 0.1) is 0 Å². The van der Waals surface area contributed by atoms with Crippen LogP contribution in [0.25, 0.3) is 0 Å². The van der Waals surface area contributed by atoms with Gasteiger partial charge in [-0.25, -0.2) is 0 Å². The summed E-state index contributed by atoms with van der Waals surface area (Å²) >= 11 is 6.28. The van der Waals surface area contributed by atoms with Crippen LogP contribution < -0.4 is 0 Å². The van der Waals surface area contributed by atoms with Gasteiger partial charge in [0.15, 0.2) is 0 Å². The van der Waals surface area contributed by atoms with Crippen LogP contribution in [0.15, 0.2) is 36.4 Å². The summed E-state index contributed by atoms with van der Waals surface area (Å²) in [6, 6.07) is 16.0. The number of benzene rings is 3. The summed E-state index contributed by atoms with van der Waals surface area (Å²) in [5.74, 6) is 7.07. The minimum atomic E-state index is 0.0178. The summed E-state index contributed by atoms with van der Waals surface area (Å²) in [5, 5.41) is 0. The van der Waals surface area contributed by atoms with Crippen LogP contribution in [0.4, 0.5) is 0 Å². The minimum absolute atomic E-state index is 0.0178. The Bertz CT molecular complexity index is 1270. The second-order valence-corrected chi connectivity index (χ2v) is 15.4. The summed E-state index contributed by atoms with van der Waals surface area (Å²) in [6.45, 7) is 10.6. The van der Waals surface area contributed by atoms with Gasteiger partial charge in [-0.2, -0.15) is 35.3 Å². The fourth-order valence-corrected chi connectivity index (χ4v) is 13.0. The van der Waals surface area contributed by atoms with E-state index >= 15 is 0 Å². The Balaban J connectivity index is 1.49. The van der Waals surface area contributed by atoms with E-state index in [1.807, 2.05) is 0 Å². The highest BCUT2D eigenvalue weighted by Crippen LogP contribution is 2.82. The van der Waals surface area contributed by atoms with Gasteiger partial charge < -0.3 is 0 Å². The first-order chi connectivity index (χ1) is 16.8. The second-order valence-electron chi connectivity index (χ2n) is 12.5. The lowest BCUT2D eigenvalue weighted by molar-refractivity contribution is 0.0996. The molecule has 35 heavy (non-hydrogen) atoms.